The molecular formula is C16H28N2O3. The lowest BCUT2D eigenvalue weighted by atomic mass is 10.1. The van der Waals surface area contributed by atoms with Gasteiger partial charge in [0.1, 0.15) is 11.5 Å². The van der Waals surface area contributed by atoms with Crippen molar-refractivity contribution in [1.82, 2.24) is 10.2 Å². The standard InChI is InChI=1S/C16H28N2O3/c1-13(17-8-10-21-11-9-18(2)3)15-12-14(19-4)6-7-16(15)20-5/h6-7,12-13,17H,8-11H2,1-5H3. The lowest BCUT2D eigenvalue weighted by molar-refractivity contribution is 0.118. The predicted octanol–water partition coefficient (Wildman–Crippen LogP) is 1.93. The fourth-order valence-corrected chi connectivity index (χ4v) is 1.98. The molecular weight excluding hydrogens is 268 g/mol. The molecule has 1 rings (SSSR count). The molecule has 0 aromatic heterocycles. The van der Waals surface area contributed by atoms with Gasteiger partial charge in [0, 0.05) is 24.7 Å². The van der Waals surface area contributed by atoms with Crippen molar-refractivity contribution in [3.8, 4) is 11.5 Å². The molecule has 0 saturated heterocycles. The van der Waals surface area contributed by atoms with Crippen LogP contribution < -0.4 is 14.8 Å². The molecule has 1 atom stereocenters. The van der Waals surface area contributed by atoms with Gasteiger partial charge in [-0.05, 0) is 39.2 Å². The highest BCUT2D eigenvalue weighted by Crippen LogP contribution is 2.28. The Labute approximate surface area is 128 Å². The van der Waals surface area contributed by atoms with Gasteiger partial charge in [-0.1, -0.05) is 0 Å². The molecule has 0 aliphatic rings. The maximum Gasteiger partial charge on any atom is 0.123 e. The molecule has 0 radical (unpaired) electrons. The van der Waals surface area contributed by atoms with Gasteiger partial charge in [-0.2, -0.15) is 0 Å². The number of hydrogen-bond donors (Lipinski definition) is 1. The first-order valence-corrected chi connectivity index (χ1v) is 7.26. The molecule has 1 unspecified atom stereocenters. The predicted molar refractivity (Wildman–Crippen MR) is 85.3 cm³/mol. The SMILES string of the molecule is COc1ccc(OC)c(C(C)NCCOCCN(C)C)c1. The molecule has 0 fully saturated rings. The van der Waals surface area contributed by atoms with E-state index < -0.39 is 0 Å². The zero-order valence-electron chi connectivity index (χ0n) is 13.8. The topological polar surface area (TPSA) is 43.0 Å². The molecule has 1 N–H and O–H groups in total. The van der Waals surface area contributed by atoms with Gasteiger partial charge in [-0.3, -0.25) is 0 Å². The zero-order chi connectivity index (χ0) is 15.7. The van der Waals surface area contributed by atoms with Gasteiger partial charge >= 0.3 is 0 Å². The van der Waals surface area contributed by atoms with Crippen LogP contribution >= 0.6 is 0 Å². The minimum atomic E-state index is 0.174. The summed E-state index contributed by atoms with van der Waals surface area (Å²) in [5.74, 6) is 1.70. The van der Waals surface area contributed by atoms with Crippen molar-refractivity contribution in [2.24, 2.45) is 0 Å². The molecule has 0 saturated carbocycles. The monoisotopic (exact) mass is 296 g/mol. The van der Waals surface area contributed by atoms with Crippen molar-refractivity contribution in [2.75, 3.05) is 54.6 Å². The van der Waals surface area contributed by atoms with Crippen LogP contribution in [0.3, 0.4) is 0 Å². The highest BCUT2D eigenvalue weighted by molar-refractivity contribution is 5.42. The largest absolute Gasteiger partial charge is 0.497 e. The van der Waals surface area contributed by atoms with Gasteiger partial charge in [0.2, 0.25) is 0 Å². The molecule has 0 spiro atoms. The summed E-state index contributed by atoms with van der Waals surface area (Å²) in [6.07, 6.45) is 0. The van der Waals surface area contributed by atoms with Crippen molar-refractivity contribution in [3.05, 3.63) is 23.8 Å². The van der Waals surface area contributed by atoms with Crippen LogP contribution in [0, 0.1) is 0 Å². The zero-order valence-corrected chi connectivity index (χ0v) is 13.8. The van der Waals surface area contributed by atoms with Gasteiger partial charge < -0.3 is 24.4 Å². The summed E-state index contributed by atoms with van der Waals surface area (Å²) in [4.78, 5) is 2.11. The molecule has 1 aromatic rings. The quantitative estimate of drug-likeness (QED) is 0.668. The van der Waals surface area contributed by atoms with E-state index in [1.165, 1.54) is 0 Å². The molecule has 21 heavy (non-hydrogen) atoms. The fraction of sp³-hybridized carbons (Fsp3) is 0.625. The summed E-state index contributed by atoms with van der Waals surface area (Å²) in [5.41, 5.74) is 1.09. The van der Waals surface area contributed by atoms with Gasteiger partial charge in [-0.15, -0.1) is 0 Å². The number of nitrogens with one attached hydrogen (secondary N) is 1. The molecule has 5 nitrogen and oxygen atoms in total. The Balaban J connectivity index is 2.42. The first kappa shape index (κ1) is 17.8. The molecule has 0 bridgehead atoms. The van der Waals surface area contributed by atoms with Crippen LogP contribution in [0.25, 0.3) is 0 Å². The minimum absolute atomic E-state index is 0.174. The Bertz CT molecular complexity index is 411. The van der Waals surface area contributed by atoms with Gasteiger partial charge in [0.05, 0.1) is 27.4 Å². The second-order valence-electron chi connectivity index (χ2n) is 5.20. The second kappa shape index (κ2) is 9.60. The summed E-state index contributed by atoms with van der Waals surface area (Å²) >= 11 is 0. The van der Waals surface area contributed by atoms with Gasteiger partial charge in [-0.25, -0.2) is 0 Å². The van der Waals surface area contributed by atoms with Crippen molar-refractivity contribution in [1.29, 1.82) is 0 Å². The number of benzene rings is 1. The Hall–Kier alpha value is -1.30. The average molecular weight is 296 g/mol. The maximum absolute atomic E-state index is 5.57. The first-order valence-electron chi connectivity index (χ1n) is 7.26. The number of hydrogen-bond acceptors (Lipinski definition) is 5. The van der Waals surface area contributed by atoms with Crippen LogP contribution in [-0.4, -0.2) is 59.5 Å². The van der Waals surface area contributed by atoms with E-state index in [4.69, 9.17) is 14.2 Å². The number of rotatable bonds is 10. The van der Waals surface area contributed by atoms with Crippen LogP contribution in [0.2, 0.25) is 0 Å². The summed E-state index contributed by atoms with van der Waals surface area (Å²) in [5, 5.41) is 3.44. The van der Waals surface area contributed by atoms with Crippen LogP contribution in [0.5, 0.6) is 11.5 Å². The van der Waals surface area contributed by atoms with Crippen molar-refractivity contribution < 1.29 is 14.2 Å². The van der Waals surface area contributed by atoms with Crippen LogP contribution in [0.15, 0.2) is 18.2 Å². The lowest BCUT2D eigenvalue weighted by Gasteiger charge is -2.18. The number of methoxy groups -OCH3 is 2. The molecule has 1 aromatic carbocycles. The van der Waals surface area contributed by atoms with E-state index in [1.54, 1.807) is 14.2 Å². The van der Waals surface area contributed by atoms with Crippen LogP contribution in [0.1, 0.15) is 18.5 Å². The molecule has 0 heterocycles. The molecule has 5 heteroatoms. The van der Waals surface area contributed by atoms with E-state index in [-0.39, 0.29) is 6.04 Å². The maximum atomic E-state index is 5.57. The third-order valence-electron chi connectivity index (χ3n) is 3.28. The van der Waals surface area contributed by atoms with E-state index >= 15 is 0 Å². The van der Waals surface area contributed by atoms with E-state index in [9.17, 15) is 0 Å². The highest BCUT2D eigenvalue weighted by Gasteiger charge is 2.12. The molecule has 0 amide bonds. The van der Waals surface area contributed by atoms with Gasteiger partial charge in [0.25, 0.3) is 0 Å². The average Bonchev–Trinajstić information content (AvgIpc) is 2.49. The number of likely N-dealkylation sites (N-methyl/N-ethyl adjacent to an activating group) is 1. The second-order valence-corrected chi connectivity index (χ2v) is 5.20. The lowest BCUT2D eigenvalue weighted by Crippen LogP contribution is -2.25. The molecule has 0 aliphatic carbocycles. The van der Waals surface area contributed by atoms with Crippen LogP contribution in [0.4, 0.5) is 0 Å². The molecule has 0 aliphatic heterocycles. The summed E-state index contributed by atoms with van der Waals surface area (Å²) in [6, 6.07) is 6.01. The van der Waals surface area contributed by atoms with Crippen molar-refractivity contribution in [3.63, 3.8) is 0 Å². The summed E-state index contributed by atoms with van der Waals surface area (Å²) in [6.45, 7) is 5.31. The third-order valence-corrected chi connectivity index (χ3v) is 3.28. The van der Waals surface area contributed by atoms with E-state index in [2.05, 4.69) is 17.1 Å². The normalized spacial score (nSPS) is 12.5. The Morgan fingerprint density at radius 3 is 2.52 bits per heavy atom. The Kier molecular flexibility index (Phi) is 8.12. The smallest absolute Gasteiger partial charge is 0.123 e. The Morgan fingerprint density at radius 2 is 1.90 bits per heavy atom. The van der Waals surface area contributed by atoms with Gasteiger partial charge in [0.15, 0.2) is 0 Å². The fourth-order valence-electron chi connectivity index (χ4n) is 1.98. The van der Waals surface area contributed by atoms with Crippen LogP contribution in [-0.2, 0) is 4.74 Å². The summed E-state index contributed by atoms with van der Waals surface area (Å²) < 4.78 is 16.2. The van der Waals surface area contributed by atoms with E-state index in [1.807, 2.05) is 32.3 Å². The van der Waals surface area contributed by atoms with E-state index in [0.717, 1.165) is 36.8 Å². The third kappa shape index (κ3) is 6.33. The minimum Gasteiger partial charge on any atom is -0.497 e. The number of nitrogens with zero attached hydrogens (tertiary/aromatic N) is 1. The van der Waals surface area contributed by atoms with Crippen molar-refractivity contribution in [2.45, 2.75) is 13.0 Å². The van der Waals surface area contributed by atoms with E-state index in [0.29, 0.717) is 6.61 Å². The Morgan fingerprint density at radius 1 is 1.14 bits per heavy atom. The summed E-state index contributed by atoms with van der Waals surface area (Å²) in [7, 11) is 7.43. The highest BCUT2D eigenvalue weighted by atomic mass is 16.5. The first-order chi connectivity index (χ1) is 10.1. The van der Waals surface area contributed by atoms with Crippen molar-refractivity contribution >= 4 is 0 Å². The molecule has 120 valence electrons. The number of ether oxygens (including phenoxy) is 3.